The van der Waals surface area contributed by atoms with Gasteiger partial charge in [0.25, 0.3) is 0 Å². The molecule has 172 valence electrons. The van der Waals surface area contributed by atoms with Gasteiger partial charge in [0.15, 0.2) is 5.84 Å². The molecular formula is C28H29N5O. The predicted octanol–water partition coefficient (Wildman–Crippen LogP) is 6.02. The summed E-state index contributed by atoms with van der Waals surface area (Å²) < 4.78 is 5.52. The lowest BCUT2D eigenvalue weighted by molar-refractivity contribution is 0.0853. The van der Waals surface area contributed by atoms with E-state index in [0.717, 1.165) is 71.9 Å². The van der Waals surface area contributed by atoms with Crippen molar-refractivity contribution in [3.8, 4) is 0 Å². The second kappa shape index (κ2) is 8.95. The molecule has 0 saturated carbocycles. The van der Waals surface area contributed by atoms with Gasteiger partial charge in [-0.05, 0) is 54.9 Å². The average molecular weight is 452 g/mol. The number of aromatic nitrogens is 2. The van der Waals surface area contributed by atoms with Crippen LogP contribution in [-0.2, 0) is 4.74 Å². The number of benzene rings is 2. The first-order valence-electron chi connectivity index (χ1n) is 12.1. The van der Waals surface area contributed by atoms with Gasteiger partial charge in [-0.25, -0.2) is 4.99 Å². The third-order valence-corrected chi connectivity index (χ3v) is 6.88. The number of allylic oxidation sites excluding steroid dienone is 2. The Kier molecular flexibility index (Phi) is 5.51. The minimum absolute atomic E-state index is 0.483. The number of H-pyrrole nitrogens is 1. The molecule has 1 fully saturated rings. The Balaban J connectivity index is 1.32. The Labute approximate surface area is 199 Å². The SMILES string of the molecule is CC1C=CN2C=C(c3ccc4cn[nH]c4c3)N=C(Nc3ccc(C4CCOCC4)cc3)C2=CC1. The molecular weight excluding hydrogens is 422 g/mol. The van der Waals surface area contributed by atoms with E-state index in [1.807, 2.05) is 6.20 Å². The second-order valence-corrected chi connectivity index (χ2v) is 9.33. The fraction of sp³-hybridized carbons (Fsp3) is 0.286. The van der Waals surface area contributed by atoms with Crippen molar-refractivity contribution in [2.75, 3.05) is 18.5 Å². The van der Waals surface area contributed by atoms with Gasteiger partial charge >= 0.3 is 0 Å². The van der Waals surface area contributed by atoms with Crippen molar-refractivity contribution in [3.63, 3.8) is 0 Å². The summed E-state index contributed by atoms with van der Waals surface area (Å²) in [5.74, 6) is 1.93. The van der Waals surface area contributed by atoms with Crippen molar-refractivity contribution < 1.29 is 4.74 Å². The first kappa shape index (κ1) is 20.9. The normalized spacial score (nSPS) is 20.9. The van der Waals surface area contributed by atoms with Gasteiger partial charge < -0.3 is 15.0 Å². The zero-order valence-corrected chi connectivity index (χ0v) is 19.4. The van der Waals surface area contributed by atoms with Crippen LogP contribution < -0.4 is 5.32 Å². The maximum atomic E-state index is 5.52. The van der Waals surface area contributed by atoms with E-state index in [0.29, 0.717) is 11.8 Å². The molecule has 3 aliphatic heterocycles. The highest BCUT2D eigenvalue weighted by molar-refractivity contribution is 6.11. The van der Waals surface area contributed by atoms with Gasteiger partial charge in [-0.1, -0.05) is 43.3 Å². The summed E-state index contributed by atoms with van der Waals surface area (Å²) in [6, 6.07) is 15.1. The van der Waals surface area contributed by atoms with Crippen molar-refractivity contribution in [1.82, 2.24) is 15.1 Å². The van der Waals surface area contributed by atoms with Crippen molar-refractivity contribution in [2.24, 2.45) is 10.9 Å². The molecule has 0 amide bonds. The topological polar surface area (TPSA) is 65.5 Å². The van der Waals surface area contributed by atoms with Crippen LogP contribution in [0.25, 0.3) is 16.6 Å². The van der Waals surface area contributed by atoms with Crippen LogP contribution in [0.5, 0.6) is 0 Å². The molecule has 3 aromatic rings. The van der Waals surface area contributed by atoms with E-state index in [1.54, 1.807) is 0 Å². The van der Waals surface area contributed by atoms with E-state index in [1.165, 1.54) is 5.56 Å². The van der Waals surface area contributed by atoms with E-state index in [-0.39, 0.29) is 0 Å². The van der Waals surface area contributed by atoms with E-state index in [9.17, 15) is 0 Å². The van der Waals surface area contributed by atoms with Gasteiger partial charge in [0.05, 0.1) is 23.1 Å². The van der Waals surface area contributed by atoms with Crippen molar-refractivity contribution in [2.45, 2.75) is 32.1 Å². The minimum atomic E-state index is 0.483. The Bertz CT molecular complexity index is 1310. The molecule has 1 atom stereocenters. The van der Waals surface area contributed by atoms with Crippen molar-refractivity contribution in [1.29, 1.82) is 0 Å². The minimum Gasteiger partial charge on any atom is -0.381 e. The van der Waals surface area contributed by atoms with Gasteiger partial charge in [-0.2, -0.15) is 5.10 Å². The summed E-state index contributed by atoms with van der Waals surface area (Å²) in [7, 11) is 0. The number of ether oxygens (including phenoxy) is 1. The summed E-state index contributed by atoms with van der Waals surface area (Å²) in [5.41, 5.74) is 6.49. The Morgan fingerprint density at radius 1 is 1.09 bits per heavy atom. The Hall–Kier alpha value is -3.64. The van der Waals surface area contributed by atoms with Crippen LogP contribution in [0.2, 0.25) is 0 Å². The molecule has 0 aliphatic carbocycles. The summed E-state index contributed by atoms with van der Waals surface area (Å²) in [4.78, 5) is 7.26. The molecule has 6 rings (SSSR count). The predicted molar refractivity (Wildman–Crippen MR) is 137 cm³/mol. The molecule has 6 nitrogen and oxygen atoms in total. The monoisotopic (exact) mass is 451 g/mol. The summed E-state index contributed by atoms with van der Waals surface area (Å²) in [6.07, 6.45) is 13.8. The zero-order valence-electron chi connectivity index (χ0n) is 19.4. The van der Waals surface area contributed by atoms with Crippen molar-refractivity contribution in [3.05, 3.63) is 90.0 Å². The molecule has 4 heterocycles. The number of nitrogens with one attached hydrogen (secondary N) is 2. The molecule has 0 spiro atoms. The van der Waals surface area contributed by atoms with Gasteiger partial charge in [-0.3, -0.25) is 5.10 Å². The molecule has 0 bridgehead atoms. The molecule has 6 heteroatoms. The Morgan fingerprint density at radius 3 is 2.79 bits per heavy atom. The molecule has 3 aliphatic rings. The number of anilines is 1. The number of amidine groups is 1. The van der Waals surface area contributed by atoms with Crippen LogP contribution in [0, 0.1) is 5.92 Å². The summed E-state index contributed by atoms with van der Waals surface area (Å²) in [5, 5.41) is 11.9. The highest BCUT2D eigenvalue weighted by atomic mass is 16.5. The number of nitrogens with zero attached hydrogens (tertiary/aromatic N) is 3. The van der Waals surface area contributed by atoms with Gasteiger partial charge in [-0.15, -0.1) is 0 Å². The highest BCUT2D eigenvalue weighted by Crippen LogP contribution is 2.31. The molecule has 2 aromatic carbocycles. The Morgan fingerprint density at radius 2 is 1.94 bits per heavy atom. The first-order chi connectivity index (χ1) is 16.7. The van der Waals surface area contributed by atoms with Crippen LogP contribution in [0.3, 0.4) is 0 Å². The fourth-order valence-corrected chi connectivity index (χ4v) is 4.81. The second-order valence-electron chi connectivity index (χ2n) is 9.33. The lowest BCUT2D eigenvalue weighted by Crippen LogP contribution is -2.27. The third kappa shape index (κ3) is 4.17. The largest absolute Gasteiger partial charge is 0.381 e. The molecule has 34 heavy (non-hydrogen) atoms. The van der Waals surface area contributed by atoms with Crippen LogP contribution in [0.1, 0.15) is 43.2 Å². The van der Waals surface area contributed by atoms with E-state index >= 15 is 0 Å². The van der Waals surface area contributed by atoms with Crippen LogP contribution >= 0.6 is 0 Å². The van der Waals surface area contributed by atoms with Crippen molar-refractivity contribution >= 4 is 28.1 Å². The molecule has 2 N–H and O–H groups in total. The maximum absolute atomic E-state index is 5.52. The third-order valence-electron chi connectivity index (χ3n) is 6.88. The van der Waals surface area contributed by atoms with Crippen LogP contribution in [0.15, 0.2) is 83.9 Å². The lowest BCUT2D eigenvalue weighted by Gasteiger charge is -2.27. The van der Waals surface area contributed by atoms with Crippen LogP contribution in [-0.4, -0.2) is 34.1 Å². The highest BCUT2D eigenvalue weighted by Gasteiger charge is 2.22. The number of aromatic amines is 1. The maximum Gasteiger partial charge on any atom is 0.155 e. The smallest absolute Gasteiger partial charge is 0.155 e. The molecule has 1 saturated heterocycles. The first-order valence-corrected chi connectivity index (χ1v) is 12.1. The molecule has 0 radical (unpaired) electrons. The number of rotatable bonds is 3. The van der Waals surface area contributed by atoms with Gasteiger partial charge in [0.2, 0.25) is 0 Å². The van der Waals surface area contributed by atoms with Gasteiger partial charge in [0.1, 0.15) is 0 Å². The number of hydrogen-bond acceptors (Lipinski definition) is 5. The summed E-state index contributed by atoms with van der Waals surface area (Å²) in [6.45, 7) is 3.95. The lowest BCUT2D eigenvalue weighted by atomic mass is 9.92. The molecule has 1 aromatic heterocycles. The number of fused-ring (bicyclic) bond motifs is 2. The van der Waals surface area contributed by atoms with Gasteiger partial charge in [0, 0.05) is 42.3 Å². The quantitative estimate of drug-likeness (QED) is 0.511. The van der Waals surface area contributed by atoms with Crippen LogP contribution in [0.4, 0.5) is 5.69 Å². The zero-order chi connectivity index (χ0) is 22.9. The molecule has 1 unspecified atom stereocenters. The van der Waals surface area contributed by atoms with E-state index < -0.39 is 0 Å². The standard InChI is InChI=1S/C28H29N5O/c1-19-2-9-27-28(30-24-7-5-20(6-8-24)21-11-14-34-15-12-21)31-26(18-33(27)13-10-19)22-3-4-23-17-29-32-25(23)16-22/h3-10,13,16-19,21H,2,11-12,14-15H2,1H3,(H,29,32)(H,30,31). The van der Waals surface area contributed by atoms with E-state index in [4.69, 9.17) is 9.73 Å². The fourth-order valence-electron chi connectivity index (χ4n) is 4.81. The summed E-state index contributed by atoms with van der Waals surface area (Å²) >= 11 is 0. The van der Waals surface area contributed by atoms with E-state index in [2.05, 4.69) is 94.4 Å². The number of aliphatic imine (C=N–C) groups is 1. The average Bonchev–Trinajstić information content (AvgIpc) is 3.27. The number of hydrogen-bond donors (Lipinski definition) is 2.